The first-order valence-electron chi connectivity index (χ1n) is 6.91. The lowest BCUT2D eigenvalue weighted by Crippen LogP contribution is -2.49. The second kappa shape index (κ2) is 5.38. The molecular formula is C14H25NO2. The summed E-state index contributed by atoms with van der Waals surface area (Å²) in [7, 11) is 4.20. The number of ether oxygens (including phenoxy) is 1. The van der Waals surface area contributed by atoms with E-state index in [4.69, 9.17) is 4.74 Å². The minimum atomic E-state index is -0.129. The topological polar surface area (TPSA) is 29.5 Å². The molecule has 2 rings (SSSR count). The van der Waals surface area contributed by atoms with Crippen LogP contribution < -0.4 is 0 Å². The summed E-state index contributed by atoms with van der Waals surface area (Å²) in [6.07, 6.45) is 7.86. The molecule has 0 amide bonds. The molecule has 2 aliphatic carbocycles. The summed E-state index contributed by atoms with van der Waals surface area (Å²) in [4.78, 5) is 13.4. The quantitative estimate of drug-likeness (QED) is 0.693. The average molecular weight is 239 g/mol. The van der Waals surface area contributed by atoms with E-state index in [1.165, 1.54) is 39.0 Å². The maximum atomic E-state index is 11.2. The Morgan fingerprint density at radius 2 is 1.71 bits per heavy atom. The second-order valence-corrected chi connectivity index (χ2v) is 5.95. The van der Waals surface area contributed by atoms with Gasteiger partial charge in [-0.2, -0.15) is 0 Å². The fourth-order valence-corrected chi connectivity index (χ4v) is 3.71. The van der Waals surface area contributed by atoms with Gasteiger partial charge in [0.25, 0.3) is 0 Å². The fraction of sp³-hybridized carbons (Fsp3) is 0.929. The lowest BCUT2D eigenvalue weighted by Gasteiger charge is -2.45. The van der Waals surface area contributed by atoms with Crippen molar-refractivity contribution in [2.45, 2.75) is 57.6 Å². The molecule has 0 heterocycles. The number of esters is 1. The van der Waals surface area contributed by atoms with Crippen LogP contribution >= 0.6 is 0 Å². The van der Waals surface area contributed by atoms with Crippen molar-refractivity contribution in [1.29, 1.82) is 0 Å². The number of carbonyl (C=O) groups is 1. The predicted octanol–water partition coefficient (Wildman–Crippen LogP) is 2.45. The van der Waals surface area contributed by atoms with Crippen LogP contribution in [0.5, 0.6) is 0 Å². The lowest BCUT2D eigenvalue weighted by atomic mass is 9.68. The van der Waals surface area contributed by atoms with Crippen molar-refractivity contribution in [3.8, 4) is 0 Å². The highest BCUT2D eigenvalue weighted by atomic mass is 16.5. The molecule has 0 N–H and O–H groups in total. The van der Waals surface area contributed by atoms with Crippen molar-refractivity contribution in [3.05, 3.63) is 0 Å². The van der Waals surface area contributed by atoms with E-state index in [-0.39, 0.29) is 12.1 Å². The molecule has 3 heteroatoms. The molecule has 2 saturated carbocycles. The van der Waals surface area contributed by atoms with Gasteiger partial charge in [0.15, 0.2) is 0 Å². The molecule has 0 bridgehead atoms. The predicted molar refractivity (Wildman–Crippen MR) is 67.7 cm³/mol. The number of nitrogens with zero attached hydrogens (tertiary/aromatic N) is 1. The summed E-state index contributed by atoms with van der Waals surface area (Å²) in [5.74, 6) is 1.53. The van der Waals surface area contributed by atoms with Gasteiger partial charge in [-0.3, -0.25) is 4.79 Å². The third-order valence-electron chi connectivity index (χ3n) is 4.56. The minimum Gasteiger partial charge on any atom is -0.461 e. The Kier molecular flexibility index (Phi) is 4.08. The van der Waals surface area contributed by atoms with Crippen molar-refractivity contribution in [2.75, 3.05) is 14.1 Å². The van der Waals surface area contributed by atoms with E-state index in [1.54, 1.807) is 0 Å². The molecule has 3 nitrogen and oxygen atoms in total. The van der Waals surface area contributed by atoms with Crippen molar-refractivity contribution < 1.29 is 9.53 Å². The van der Waals surface area contributed by atoms with E-state index in [2.05, 4.69) is 19.0 Å². The van der Waals surface area contributed by atoms with E-state index in [1.807, 2.05) is 0 Å². The Morgan fingerprint density at radius 3 is 2.24 bits per heavy atom. The Bertz CT molecular complexity index is 277. The molecule has 98 valence electrons. The molecule has 0 aromatic heterocycles. The maximum Gasteiger partial charge on any atom is 0.302 e. The van der Waals surface area contributed by atoms with E-state index in [9.17, 15) is 4.79 Å². The smallest absolute Gasteiger partial charge is 0.302 e. The zero-order valence-corrected chi connectivity index (χ0v) is 11.3. The number of hydrogen-bond acceptors (Lipinski definition) is 3. The molecule has 0 spiro atoms. The Labute approximate surface area is 105 Å². The monoisotopic (exact) mass is 239 g/mol. The first-order valence-corrected chi connectivity index (χ1v) is 6.91. The molecular weight excluding hydrogens is 214 g/mol. The maximum absolute atomic E-state index is 11.2. The molecule has 0 aromatic carbocycles. The van der Waals surface area contributed by atoms with E-state index in [0.717, 1.165) is 18.3 Å². The van der Waals surface area contributed by atoms with Crippen LogP contribution in [0.25, 0.3) is 0 Å². The Hall–Kier alpha value is -0.570. The van der Waals surface area contributed by atoms with Gasteiger partial charge in [-0.05, 0) is 38.8 Å². The van der Waals surface area contributed by atoms with Gasteiger partial charge in [-0.1, -0.05) is 25.7 Å². The molecule has 0 radical (unpaired) electrons. The SMILES string of the molecule is CC(=O)O[C@H]1C[C@@H]2CCCC[C@@H]2C[C@@H]1N(C)C. The normalized spacial score (nSPS) is 37.6. The van der Waals surface area contributed by atoms with Gasteiger partial charge in [0.1, 0.15) is 6.10 Å². The zero-order valence-electron chi connectivity index (χ0n) is 11.3. The van der Waals surface area contributed by atoms with Crippen LogP contribution in [0.1, 0.15) is 45.4 Å². The van der Waals surface area contributed by atoms with E-state index in [0.29, 0.717) is 6.04 Å². The van der Waals surface area contributed by atoms with Gasteiger partial charge in [0, 0.05) is 13.0 Å². The summed E-state index contributed by atoms with van der Waals surface area (Å²) in [6.45, 7) is 1.53. The first-order chi connectivity index (χ1) is 8.08. The highest BCUT2D eigenvalue weighted by Crippen LogP contribution is 2.42. The second-order valence-electron chi connectivity index (χ2n) is 5.95. The molecule has 4 atom stereocenters. The lowest BCUT2D eigenvalue weighted by molar-refractivity contribution is -0.154. The van der Waals surface area contributed by atoms with Crippen molar-refractivity contribution in [2.24, 2.45) is 11.8 Å². The number of rotatable bonds is 2. The van der Waals surface area contributed by atoms with Crippen LogP contribution in [0.3, 0.4) is 0 Å². The molecule has 0 aliphatic heterocycles. The summed E-state index contributed by atoms with van der Waals surface area (Å²) < 4.78 is 5.53. The zero-order chi connectivity index (χ0) is 12.4. The molecule has 2 fully saturated rings. The molecule has 0 unspecified atom stereocenters. The van der Waals surface area contributed by atoms with Gasteiger partial charge in [0.2, 0.25) is 0 Å². The van der Waals surface area contributed by atoms with Crippen molar-refractivity contribution in [3.63, 3.8) is 0 Å². The highest BCUT2D eigenvalue weighted by molar-refractivity contribution is 5.66. The fourth-order valence-electron chi connectivity index (χ4n) is 3.71. The van der Waals surface area contributed by atoms with Gasteiger partial charge in [0.05, 0.1) is 0 Å². The summed E-state index contributed by atoms with van der Waals surface area (Å²) in [6, 6.07) is 0.415. The number of carbonyl (C=O) groups excluding carboxylic acids is 1. The van der Waals surface area contributed by atoms with Gasteiger partial charge >= 0.3 is 5.97 Å². The van der Waals surface area contributed by atoms with Crippen LogP contribution in [-0.4, -0.2) is 37.1 Å². The van der Waals surface area contributed by atoms with Gasteiger partial charge in [-0.15, -0.1) is 0 Å². The van der Waals surface area contributed by atoms with Crippen LogP contribution in [0.15, 0.2) is 0 Å². The first kappa shape index (κ1) is 12.9. The highest BCUT2D eigenvalue weighted by Gasteiger charge is 2.40. The van der Waals surface area contributed by atoms with Crippen molar-refractivity contribution >= 4 is 5.97 Å². The summed E-state index contributed by atoms with van der Waals surface area (Å²) >= 11 is 0. The standard InChI is InChI=1S/C14H25NO2/c1-10(16)17-14-9-12-7-5-4-6-11(12)8-13(14)15(2)3/h11-14H,4-9H2,1-3H3/t11-,12+,13+,14+/m1/s1. The Balaban J connectivity index is 2.04. The molecule has 0 saturated heterocycles. The average Bonchev–Trinajstić information content (AvgIpc) is 2.27. The molecule has 17 heavy (non-hydrogen) atoms. The molecule has 0 aromatic rings. The number of hydrogen-bond donors (Lipinski definition) is 0. The van der Waals surface area contributed by atoms with E-state index < -0.39 is 0 Å². The minimum absolute atomic E-state index is 0.113. The van der Waals surface area contributed by atoms with Crippen LogP contribution in [0.2, 0.25) is 0 Å². The largest absolute Gasteiger partial charge is 0.461 e. The van der Waals surface area contributed by atoms with Gasteiger partial charge in [-0.25, -0.2) is 0 Å². The van der Waals surface area contributed by atoms with Crippen LogP contribution in [0.4, 0.5) is 0 Å². The molecule has 2 aliphatic rings. The van der Waals surface area contributed by atoms with Crippen LogP contribution in [0, 0.1) is 11.8 Å². The summed E-state index contributed by atoms with van der Waals surface area (Å²) in [5, 5.41) is 0. The third-order valence-corrected chi connectivity index (χ3v) is 4.56. The Morgan fingerprint density at radius 1 is 1.12 bits per heavy atom. The number of likely N-dealkylation sites (N-methyl/N-ethyl adjacent to an activating group) is 1. The van der Waals surface area contributed by atoms with Gasteiger partial charge < -0.3 is 9.64 Å². The van der Waals surface area contributed by atoms with Crippen LogP contribution in [-0.2, 0) is 9.53 Å². The third kappa shape index (κ3) is 3.01. The van der Waals surface area contributed by atoms with E-state index >= 15 is 0 Å². The van der Waals surface area contributed by atoms with Crippen molar-refractivity contribution in [1.82, 2.24) is 4.90 Å². The summed E-state index contributed by atoms with van der Waals surface area (Å²) in [5.41, 5.74) is 0. The number of fused-ring (bicyclic) bond motifs is 1.